The third-order valence-electron chi connectivity index (χ3n) is 4.54. The Morgan fingerprint density at radius 3 is 2.00 bits per heavy atom. The molecule has 2 amide bonds. The van der Waals surface area contributed by atoms with Crippen LogP contribution in [0.1, 0.15) is 66.7 Å². The van der Waals surface area contributed by atoms with E-state index in [1.54, 1.807) is 6.92 Å². The van der Waals surface area contributed by atoms with Crippen molar-refractivity contribution in [3.8, 4) is 0 Å². The van der Waals surface area contributed by atoms with E-state index in [9.17, 15) is 19.2 Å². The van der Waals surface area contributed by atoms with Gasteiger partial charge in [-0.1, -0.05) is 41.2 Å². The molecule has 8 heteroatoms. The lowest BCUT2D eigenvalue weighted by Crippen LogP contribution is -2.40. The predicted octanol–water partition coefficient (Wildman–Crippen LogP) is 2.58. The van der Waals surface area contributed by atoms with E-state index in [1.807, 2.05) is 27.7 Å². The molecule has 8 nitrogen and oxygen atoms in total. The Bertz CT molecular complexity index is 531. The van der Waals surface area contributed by atoms with E-state index in [0.29, 0.717) is 25.8 Å². The van der Waals surface area contributed by atoms with Crippen LogP contribution in [0.2, 0.25) is 0 Å². The quantitative estimate of drug-likeness (QED) is 0.294. The Hall–Kier alpha value is -2.38. The van der Waals surface area contributed by atoms with Crippen molar-refractivity contribution in [3.05, 3.63) is 12.7 Å². The smallest absolute Gasteiger partial charge is 0.326 e. The first kappa shape index (κ1) is 27.8. The fourth-order valence-corrected chi connectivity index (χ4v) is 1.74. The molecular weight excluding hydrogens is 364 g/mol. The van der Waals surface area contributed by atoms with Gasteiger partial charge in [-0.05, 0) is 38.2 Å². The van der Waals surface area contributed by atoms with Gasteiger partial charge in [-0.2, -0.15) is 0 Å². The van der Waals surface area contributed by atoms with Crippen LogP contribution < -0.4 is 10.6 Å². The third kappa shape index (κ3) is 12.9. The van der Waals surface area contributed by atoms with Crippen molar-refractivity contribution < 1.29 is 29.4 Å². The molecule has 0 bridgehead atoms. The van der Waals surface area contributed by atoms with Crippen molar-refractivity contribution in [1.82, 2.24) is 10.6 Å². The average Bonchev–Trinajstić information content (AvgIpc) is 2.65. The number of rotatable bonds is 12. The second-order valence-corrected chi connectivity index (χ2v) is 7.24. The third-order valence-corrected chi connectivity index (χ3v) is 4.54. The van der Waals surface area contributed by atoms with Crippen molar-refractivity contribution >= 4 is 23.8 Å². The van der Waals surface area contributed by atoms with E-state index >= 15 is 0 Å². The average molecular weight is 401 g/mol. The summed E-state index contributed by atoms with van der Waals surface area (Å²) in [7, 11) is 0. The summed E-state index contributed by atoms with van der Waals surface area (Å²) in [6, 6.07) is -0.918. The SMILES string of the molecule is C=CC(=O)NC(CCCCNC(=O)C(C)(C)CC)C(=O)O.CCC(C)C(=O)O. The highest BCUT2D eigenvalue weighted by Gasteiger charge is 2.24. The van der Waals surface area contributed by atoms with Crippen LogP contribution in [0.25, 0.3) is 0 Å². The van der Waals surface area contributed by atoms with Crippen LogP contribution in [0, 0.1) is 11.3 Å². The van der Waals surface area contributed by atoms with Gasteiger partial charge in [0.15, 0.2) is 0 Å². The second kappa shape index (κ2) is 14.6. The van der Waals surface area contributed by atoms with Gasteiger partial charge in [0.05, 0.1) is 5.92 Å². The zero-order valence-corrected chi connectivity index (χ0v) is 17.7. The van der Waals surface area contributed by atoms with Gasteiger partial charge in [-0.15, -0.1) is 0 Å². The first-order valence-corrected chi connectivity index (χ1v) is 9.59. The number of hydrogen-bond donors (Lipinski definition) is 4. The van der Waals surface area contributed by atoms with Crippen LogP contribution in [0.4, 0.5) is 0 Å². The van der Waals surface area contributed by atoms with Crippen LogP contribution in [-0.4, -0.2) is 46.6 Å². The predicted molar refractivity (Wildman–Crippen MR) is 108 cm³/mol. The highest BCUT2D eigenvalue weighted by molar-refractivity contribution is 5.90. The lowest BCUT2D eigenvalue weighted by molar-refractivity contribution is -0.142. The van der Waals surface area contributed by atoms with Gasteiger partial charge < -0.3 is 20.8 Å². The molecule has 0 aromatic heterocycles. The highest BCUT2D eigenvalue weighted by Crippen LogP contribution is 2.19. The zero-order chi connectivity index (χ0) is 22.3. The topological polar surface area (TPSA) is 133 Å². The zero-order valence-electron chi connectivity index (χ0n) is 17.7. The van der Waals surface area contributed by atoms with E-state index < -0.39 is 23.9 Å². The molecule has 0 fully saturated rings. The Morgan fingerprint density at radius 2 is 1.64 bits per heavy atom. The molecule has 0 aromatic carbocycles. The minimum atomic E-state index is -1.07. The van der Waals surface area contributed by atoms with Crippen molar-refractivity contribution in [1.29, 1.82) is 0 Å². The summed E-state index contributed by atoms with van der Waals surface area (Å²) < 4.78 is 0. The van der Waals surface area contributed by atoms with E-state index in [0.717, 1.165) is 18.9 Å². The number of carboxylic acids is 2. The standard InChI is InChI=1S/C15H26N2O4.C5H10O2/c1-5-12(18)17-11(13(19)20)9-7-8-10-16-14(21)15(3,4)6-2;1-3-4(2)5(6)7/h5,11H,1,6-10H2,2-4H3,(H,16,21)(H,17,18)(H,19,20);4H,3H2,1-2H3,(H,6,7). The van der Waals surface area contributed by atoms with Crippen molar-refractivity contribution in [2.75, 3.05) is 6.54 Å². The largest absolute Gasteiger partial charge is 0.481 e. The fourth-order valence-electron chi connectivity index (χ4n) is 1.74. The van der Waals surface area contributed by atoms with Crippen LogP contribution in [-0.2, 0) is 19.2 Å². The molecule has 0 spiro atoms. The van der Waals surface area contributed by atoms with Crippen LogP contribution >= 0.6 is 0 Å². The summed E-state index contributed by atoms with van der Waals surface area (Å²) in [6.07, 6.45) is 4.11. The summed E-state index contributed by atoms with van der Waals surface area (Å²) in [5.74, 6) is -2.45. The molecule has 0 saturated carbocycles. The number of carboxylic acid groups (broad SMARTS) is 2. The highest BCUT2D eigenvalue weighted by atomic mass is 16.4. The second-order valence-electron chi connectivity index (χ2n) is 7.24. The Labute approximate surface area is 167 Å². The number of unbranched alkanes of at least 4 members (excludes halogenated alkanes) is 1. The molecule has 0 aliphatic rings. The lowest BCUT2D eigenvalue weighted by atomic mass is 9.89. The Balaban J connectivity index is 0. The van der Waals surface area contributed by atoms with E-state index in [4.69, 9.17) is 10.2 Å². The molecule has 0 saturated heterocycles. The number of carbonyl (C=O) groups excluding carboxylic acids is 2. The number of nitrogens with one attached hydrogen (secondary N) is 2. The van der Waals surface area contributed by atoms with Crippen molar-refractivity contribution in [2.24, 2.45) is 11.3 Å². The van der Waals surface area contributed by atoms with E-state index in [-0.39, 0.29) is 17.2 Å². The molecular formula is C20H36N2O6. The minimum absolute atomic E-state index is 0.000236. The first-order valence-electron chi connectivity index (χ1n) is 9.59. The van der Waals surface area contributed by atoms with Gasteiger partial charge in [0.1, 0.15) is 6.04 Å². The molecule has 28 heavy (non-hydrogen) atoms. The molecule has 0 aromatic rings. The molecule has 162 valence electrons. The van der Waals surface area contributed by atoms with Gasteiger partial charge in [0.2, 0.25) is 11.8 Å². The summed E-state index contributed by atoms with van der Waals surface area (Å²) in [6.45, 7) is 13.1. The maximum Gasteiger partial charge on any atom is 0.326 e. The van der Waals surface area contributed by atoms with Crippen LogP contribution in [0.5, 0.6) is 0 Å². The molecule has 0 heterocycles. The Kier molecular flexibility index (Phi) is 14.6. The number of hydrogen-bond acceptors (Lipinski definition) is 4. The normalized spacial score (nSPS) is 12.6. The molecule has 4 N–H and O–H groups in total. The number of aliphatic carboxylic acids is 2. The molecule has 0 radical (unpaired) electrons. The van der Waals surface area contributed by atoms with Gasteiger partial charge in [-0.25, -0.2) is 4.79 Å². The summed E-state index contributed by atoms with van der Waals surface area (Å²) in [5.41, 5.74) is -0.387. The maximum absolute atomic E-state index is 11.8. The molecule has 0 rings (SSSR count). The van der Waals surface area contributed by atoms with Gasteiger partial charge in [0.25, 0.3) is 0 Å². The minimum Gasteiger partial charge on any atom is -0.481 e. The van der Waals surface area contributed by atoms with Gasteiger partial charge >= 0.3 is 11.9 Å². The first-order chi connectivity index (χ1) is 12.9. The summed E-state index contributed by atoms with van der Waals surface area (Å²) in [4.78, 5) is 43.8. The molecule has 0 aliphatic carbocycles. The van der Waals surface area contributed by atoms with Gasteiger partial charge in [-0.3, -0.25) is 14.4 Å². The van der Waals surface area contributed by atoms with Crippen molar-refractivity contribution in [3.63, 3.8) is 0 Å². The Morgan fingerprint density at radius 1 is 1.07 bits per heavy atom. The summed E-state index contributed by atoms with van der Waals surface area (Å²) >= 11 is 0. The number of amides is 2. The van der Waals surface area contributed by atoms with E-state index in [2.05, 4.69) is 17.2 Å². The van der Waals surface area contributed by atoms with Crippen LogP contribution in [0.15, 0.2) is 12.7 Å². The lowest BCUT2D eigenvalue weighted by Gasteiger charge is -2.21. The van der Waals surface area contributed by atoms with Gasteiger partial charge in [0, 0.05) is 12.0 Å². The maximum atomic E-state index is 11.8. The van der Waals surface area contributed by atoms with E-state index in [1.165, 1.54) is 0 Å². The molecule has 2 atom stereocenters. The molecule has 0 aliphatic heterocycles. The summed E-state index contributed by atoms with van der Waals surface area (Å²) in [5, 5.41) is 22.4. The monoisotopic (exact) mass is 400 g/mol. The molecule has 2 unspecified atom stereocenters. The number of carbonyl (C=O) groups is 4. The fraction of sp³-hybridized carbons (Fsp3) is 0.700. The van der Waals surface area contributed by atoms with Crippen LogP contribution in [0.3, 0.4) is 0 Å². The van der Waals surface area contributed by atoms with Crippen molar-refractivity contribution in [2.45, 2.75) is 72.8 Å².